The van der Waals surface area contributed by atoms with Gasteiger partial charge in [0.05, 0.1) is 13.0 Å². The minimum absolute atomic E-state index is 0.0278. The molecule has 0 amide bonds. The molecule has 0 bridgehead atoms. The first kappa shape index (κ1) is 20.6. The third kappa shape index (κ3) is 4.28. The summed E-state index contributed by atoms with van der Waals surface area (Å²) in [6.45, 7) is 2.41. The Morgan fingerprint density at radius 2 is 1.93 bits per heavy atom. The van der Waals surface area contributed by atoms with Crippen molar-refractivity contribution in [2.45, 2.75) is 44.8 Å². The largest absolute Gasteiger partial charge is 0.481 e. The molecular weight excluding hydrogens is 396 g/mol. The van der Waals surface area contributed by atoms with Crippen molar-refractivity contribution in [3.63, 3.8) is 0 Å². The summed E-state index contributed by atoms with van der Waals surface area (Å²) in [5.74, 6) is -0.836. The number of benzene rings is 3. The number of hydrogen-bond acceptors (Lipinski definition) is 2. The highest BCUT2D eigenvalue weighted by molar-refractivity contribution is 6.30. The second-order valence-electron chi connectivity index (χ2n) is 8.02. The van der Waals surface area contributed by atoms with Gasteiger partial charge < -0.3 is 9.84 Å². The van der Waals surface area contributed by atoms with Crippen molar-refractivity contribution < 1.29 is 14.6 Å². The fourth-order valence-corrected chi connectivity index (χ4v) is 4.74. The van der Waals surface area contributed by atoms with Crippen molar-refractivity contribution in [3.8, 4) is 11.1 Å². The van der Waals surface area contributed by atoms with Gasteiger partial charge in [0.25, 0.3) is 0 Å². The van der Waals surface area contributed by atoms with E-state index < -0.39 is 11.6 Å². The highest BCUT2D eigenvalue weighted by atomic mass is 35.5. The molecule has 3 aromatic carbocycles. The summed E-state index contributed by atoms with van der Waals surface area (Å²) in [5.41, 5.74) is 5.79. The zero-order valence-corrected chi connectivity index (χ0v) is 17.8. The van der Waals surface area contributed by atoms with Gasteiger partial charge in [-0.1, -0.05) is 60.1 Å². The summed E-state index contributed by atoms with van der Waals surface area (Å²) in [7, 11) is 0. The third-order valence-corrected chi connectivity index (χ3v) is 6.15. The van der Waals surface area contributed by atoms with Crippen molar-refractivity contribution in [3.05, 3.63) is 94.0 Å². The maximum absolute atomic E-state index is 11.7. The van der Waals surface area contributed by atoms with Crippen molar-refractivity contribution >= 4 is 17.6 Å². The van der Waals surface area contributed by atoms with E-state index in [1.807, 2.05) is 55.5 Å². The van der Waals surface area contributed by atoms with Gasteiger partial charge in [0.1, 0.15) is 5.60 Å². The summed E-state index contributed by atoms with van der Waals surface area (Å²) >= 11 is 6.10. The van der Waals surface area contributed by atoms with Crippen LogP contribution >= 0.6 is 11.6 Å². The van der Waals surface area contributed by atoms with Crippen LogP contribution in [0, 0.1) is 6.92 Å². The molecule has 0 spiro atoms. The first-order valence-corrected chi connectivity index (χ1v) is 10.6. The molecule has 154 valence electrons. The first-order valence-electron chi connectivity index (χ1n) is 10.3. The number of fused-ring (bicyclic) bond motifs is 1. The van der Waals surface area contributed by atoms with Gasteiger partial charge in [0, 0.05) is 5.02 Å². The van der Waals surface area contributed by atoms with Crippen molar-refractivity contribution in [1.82, 2.24) is 0 Å². The van der Waals surface area contributed by atoms with Gasteiger partial charge in [0.15, 0.2) is 0 Å². The van der Waals surface area contributed by atoms with Crippen LogP contribution in [0.3, 0.4) is 0 Å². The van der Waals surface area contributed by atoms with Crippen LogP contribution in [0.2, 0.25) is 5.02 Å². The molecule has 0 unspecified atom stereocenters. The van der Waals surface area contributed by atoms with Crippen LogP contribution in [0.15, 0.2) is 66.7 Å². The zero-order chi connectivity index (χ0) is 21.1. The topological polar surface area (TPSA) is 46.5 Å². The van der Waals surface area contributed by atoms with Gasteiger partial charge in [-0.05, 0) is 77.8 Å². The molecule has 4 heteroatoms. The first-order chi connectivity index (χ1) is 14.5. The maximum atomic E-state index is 11.7. The Hall–Kier alpha value is -2.62. The van der Waals surface area contributed by atoms with E-state index in [1.165, 1.54) is 5.56 Å². The van der Waals surface area contributed by atoms with Gasteiger partial charge in [0.2, 0.25) is 0 Å². The fraction of sp³-hybridized carbons (Fsp3) is 0.269. The molecule has 0 radical (unpaired) electrons. The summed E-state index contributed by atoms with van der Waals surface area (Å²) < 4.78 is 6.43. The Kier molecular flexibility index (Phi) is 5.94. The van der Waals surface area contributed by atoms with Crippen LogP contribution in [0.4, 0.5) is 0 Å². The van der Waals surface area contributed by atoms with Crippen molar-refractivity contribution in [1.29, 1.82) is 0 Å². The summed E-state index contributed by atoms with van der Waals surface area (Å²) in [4.78, 5) is 11.7. The van der Waals surface area contributed by atoms with E-state index in [2.05, 4.69) is 18.2 Å². The van der Waals surface area contributed by atoms with Gasteiger partial charge in [-0.3, -0.25) is 4.79 Å². The van der Waals surface area contributed by atoms with E-state index in [4.69, 9.17) is 16.3 Å². The van der Waals surface area contributed by atoms with Gasteiger partial charge in [-0.2, -0.15) is 0 Å². The lowest BCUT2D eigenvalue weighted by Gasteiger charge is -2.38. The van der Waals surface area contributed by atoms with Gasteiger partial charge in [-0.15, -0.1) is 0 Å². The lowest BCUT2D eigenvalue weighted by Crippen LogP contribution is -2.36. The zero-order valence-electron chi connectivity index (χ0n) is 17.0. The van der Waals surface area contributed by atoms with E-state index in [0.29, 0.717) is 13.0 Å². The highest BCUT2D eigenvalue weighted by Gasteiger charge is 2.39. The summed E-state index contributed by atoms with van der Waals surface area (Å²) in [6, 6.07) is 22.2. The minimum atomic E-state index is -0.836. The van der Waals surface area contributed by atoms with E-state index in [9.17, 15) is 9.90 Å². The Balaban J connectivity index is 1.62. The number of halogens is 1. The smallest absolute Gasteiger partial charge is 0.306 e. The molecule has 3 aromatic rings. The monoisotopic (exact) mass is 420 g/mol. The Morgan fingerprint density at radius 1 is 1.10 bits per heavy atom. The van der Waals surface area contributed by atoms with Crippen LogP contribution in [-0.2, 0) is 28.2 Å². The van der Waals surface area contributed by atoms with E-state index >= 15 is 0 Å². The quantitative estimate of drug-likeness (QED) is 0.492. The molecule has 0 saturated heterocycles. The lowest BCUT2D eigenvalue weighted by molar-refractivity contribution is -0.149. The second-order valence-corrected chi connectivity index (χ2v) is 8.46. The third-order valence-electron chi connectivity index (χ3n) is 5.91. The van der Waals surface area contributed by atoms with Crippen molar-refractivity contribution in [2.75, 3.05) is 0 Å². The molecule has 1 aliphatic rings. The number of aliphatic carboxylic acids is 1. The number of ether oxygens (including phenoxy) is 1. The second kappa shape index (κ2) is 8.63. The number of carboxylic acid groups (broad SMARTS) is 1. The minimum Gasteiger partial charge on any atom is -0.481 e. The molecular formula is C26H25ClO3. The standard InChI is InChI=1S/C26H25ClO3/c1-18-14-22(27)11-12-23(18)21-8-4-6-19(15-21)17-30-26(16-25(28)29)13-5-9-20-7-2-3-10-24(20)26/h2-4,6-8,10-12,14-15H,5,9,13,16-17H2,1H3,(H,28,29)/t26-/m1/s1. The molecule has 0 fully saturated rings. The molecule has 4 rings (SSSR count). The van der Waals surface area contributed by atoms with Crippen LogP contribution in [0.1, 0.15) is 41.5 Å². The van der Waals surface area contributed by atoms with Crippen LogP contribution in [-0.4, -0.2) is 11.1 Å². The van der Waals surface area contributed by atoms with E-state index in [-0.39, 0.29) is 6.42 Å². The highest BCUT2D eigenvalue weighted by Crippen LogP contribution is 2.42. The molecule has 3 nitrogen and oxygen atoms in total. The normalized spacial score (nSPS) is 18.1. The molecule has 1 N–H and O–H groups in total. The number of rotatable bonds is 6. The molecule has 0 saturated carbocycles. The fourth-order valence-electron chi connectivity index (χ4n) is 4.51. The summed E-state index contributed by atoms with van der Waals surface area (Å²) in [6.07, 6.45) is 2.58. The Labute approximate surface area is 182 Å². The Morgan fingerprint density at radius 3 is 2.73 bits per heavy atom. The molecule has 0 heterocycles. The van der Waals surface area contributed by atoms with Gasteiger partial charge in [-0.25, -0.2) is 0 Å². The summed E-state index contributed by atoms with van der Waals surface area (Å²) in [5, 5.41) is 10.3. The number of carbonyl (C=O) groups is 1. The van der Waals surface area contributed by atoms with E-state index in [1.54, 1.807) is 0 Å². The van der Waals surface area contributed by atoms with Crippen LogP contribution in [0.25, 0.3) is 11.1 Å². The SMILES string of the molecule is Cc1cc(Cl)ccc1-c1cccc(CO[C@@]2(CC(=O)O)CCCc3ccccc32)c1. The number of aryl methyl sites for hydroxylation is 2. The molecule has 1 aliphatic carbocycles. The number of carboxylic acids is 1. The van der Waals surface area contributed by atoms with Gasteiger partial charge >= 0.3 is 5.97 Å². The lowest BCUT2D eigenvalue weighted by atomic mass is 9.77. The predicted molar refractivity (Wildman–Crippen MR) is 120 cm³/mol. The van der Waals surface area contributed by atoms with Crippen LogP contribution in [0.5, 0.6) is 0 Å². The van der Waals surface area contributed by atoms with Crippen molar-refractivity contribution in [2.24, 2.45) is 0 Å². The van der Waals surface area contributed by atoms with Crippen LogP contribution < -0.4 is 0 Å². The molecule has 0 aromatic heterocycles. The maximum Gasteiger partial charge on any atom is 0.306 e. The average Bonchev–Trinajstić information content (AvgIpc) is 2.72. The molecule has 0 aliphatic heterocycles. The molecule has 30 heavy (non-hydrogen) atoms. The number of hydrogen-bond donors (Lipinski definition) is 1. The predicted octanol–water partition coefficient (Wildman–Crippen LogP) is 6.54. The molecule has 1 atom stereocenters. The Bertz CT molecular complexity index is 1080. The van der Waals surface area contributed by atoms with E-state index in [0.717, 1.165) is 45.7 Å². The average molecular weight is 421 g/mol.